The van der Waals surface area contributed by atoms with E-state index < -0.39 is 29.9 Å². The molecule has 0 saturated heterocycles. The first-order chi connectivity index (χ1) is 11.0. The minimum Gasteiger partial charge on any atom is -0.465 e. The van der Waals surface area contributed by atoms with Crippen LogP contribution in [-0.2, 0) is 9.47 Å². The molecular formula is C16H22ClNO6. The fourth-order valence-corrected chi connectivity index (χ4v) is 2.02. The zero-order valence-corrected chi connectivity index (χ0v) is 14.8. The molecule has 24 heavy (non-hydrogen) atoms. The van der Waals surface area contributed by atoms with Gasteiger partial charge in [0.05, 0.1) is 17.7 Å². The highest BCUT2D eigenvalue weighted by atomic mass is 35.5. The zero-order valence-electron chi connectivity index (χ0n) is 14.0. The molecule has 134 valence electrons. The van der Waals surface area contributed by atoms with E-state index in [1.807, 2.05) is 0 Å². The van der Waals surface area contributed by atoms with Crippen LogP contribution in [-0.4, -0.2) is 47.6 Å². The minimum atomic E-state index is -1.33. The maximum absolute atomic E-state index is 11.6. The number of amides is 1. The molecule has 3 N–H and O–H groups in total. The van der Waals surface area contributed by atoms with Gasteiger partial charge in [-0.15, -0.1) is 0 Å². The number of aliphatic hydroxyl groups is 2. The first kappa shape index (κ1) is 20.2. The van der Waals surface area contributed by atoms with Crippen LogP contribution >= 0.6 is 11.6 Å². The number of ether oxygens (including phenoxy) is 2. The first-order valence-electron chi connectivity index (χ1n) is 7.26. The van der Waals surface area contributed by atoms with Crippen LogP contribution in [0.3, 0.4) is 0 Å². The number of nitrogens with one attached hydrogen (secondary N) is 1. The Morgan fingerprint density at radius 3 is 2.46 bits per heavy atom. The Labute approximate surface area is 145 Å². The van der Waals surface area contributed by atoms with Crippen molar-refractivity contribution >= 4 is 23.7 Å². The maximum atomic E-state index is 11.6. The number of alkyl carbamates (subject to hydrolysis) is 1. The number of benzene rings is 1. The standard InChI is InChI=1S/C16H22ClNO6/c1-16(2,3)24-15(22)18-8-12(19)13(20)9-5-6-11(17)10(7-9)14(21)23-4/h5-7,12-13,19-20H,8H2,1-4H3,(H,18,22). The molecule has 0 aliphatic carbocycles. The van der Waals surface area contributed by atoms with Crippen LogP contribution in [0.1, 0.15) is 42.8 Å². The van der Waals surface area contributed by atoms with Gasteiger partial charge in [0.15, 0.2) is 0 Å². The predicted octanol–water partition coefficient (Wildman–Crippen LogP) is 2.05. The summed E-state index contributed by atoms with van der Waals surface area (Å²) in [5.41, 5.74) is -0.333. The predicted molar refractivity (Wildman–Crippen MR) is 88.0 cm³/mol. The number of hydrogen-bond acceptors (Lipinski definition) is 6. The number of carbonyl (C=O) groups is 2. The van der Waals surface area contributed by atoms with E-state index in [9.17, 15) is 19.8 Å². The summed E-state index contributed by atoms with van der Waals surface area (Å²) in [7, 11) is 1.21. The maximum Gasteiger partial charge on any atom is 0.407 e. The molecule has 0 heterocycles. The highest BCUT2D eigenvalue weighted by Crippen LogP contribution is 2.24. The van der Waals surface area contributed by atoms with E-state index in [-0.39, 0.29) is 22.7 Å². The lowest BCUT2D eigenvalue weighted by molar-refractivity contribution is 0.0129. The van der Waals surface area contributed by atoms with Gasteiger partial charge >= 0.3 is 12.1 Å². The second-order valence-corrected chi connectivity index (χ2v) is 6.53. The molecule has 1 aromatic rings. The summed E-state index contributed by atoms with van der Waals surface area (Å²) in [5.74, 6) is -0.657. The molecule has 8 heteroatoms. The third-order valence-electron chi connectivity index (χ3n) is 2.96. The number of rotatable bonds is 5. The van der Waals surface area contributed by atoms with E-state index >= 15 is 0 Å². The Hall–Kier alpha value is -1.83. The van der Waals surface area contributed by atoms with Gasteiger partial charge in [-0.3, -0.25) is 0 Å². The zero-order chi connectivity index (χ0) is 18.5. The summed E-state index contributed by atoms with van der Waals surface area (Å²) in [6.07, 6.45) is -3.34. The van der Waals surface area contributed by atoms with E-state index in [0.717, 1.165) is 0 Å². The van der Waals surface area contributed by atoms with Crippen molar-refractivity contribution < 1.29 is 29.3 Å². The van der Waals surface area contributed by atoms with Crippen molar-refractivity contribution in [2.24, 2.45) is 0 Å². The van der Waals surface area contributed by atoms with Gasteiger partial charge in [-0.05, 0) is 38.5 Å². The molecule has 0 aromatic heterocycles. The molecule has 0 aliphatic heterocycles. The van der Waals surface area contributed by atoms with Crippen LogP contribution in [0.4, 0.5) is 4.79 Å². The van der Waals surface area contributed by atoms with Crippen LogP contribution < -0.4 is 5.32 Å². The summed E-state index contributed by atoms with van der Waals surface area (Å²) in [5, 5.41) is 22.7. The molecule has 0 fully saturated rings. The quantitative estimate of drug-likeness (QED) is 0.695. The van der Waals surface area contributed by atoms with Crippen molar-refractivity contribution in [3.63, 3.8) is 0 Å². The Balaban J connectivity index is 2.74. The monoisotopic (exact) mass is 359 g/mol. The van der Waals surface area contributed by atoms with Gasteiger partial charge in [-0.2, -0.15) is 0 Å². The number of halogens is 1. The topological polar surface area (TPSA) is 105 Å². The molecule has 0 bridgehead atoms. The molecule has 0 saturated carbocycles. The number of esters is 1. The normalized spacial score (nSPS) is 13.8. The van der Waals surface area contributed by atoms with E-state index in [0.29, 0.717) is 0 Å². The van der Waals surface area contributed by atoms with Gasteiger partial charge in [-0.1, -0.05) is 17.7 Å². The molecule has 0 aliphatic rings. The van der Waals surface area contributed by atoms with Gasteiger partial charge in [-0.25, -0.2) is 9.59 Å². The van der Waals surface area contributed by atoms with Crippen LogP contribution in [0.15, 0.2) is 18.2 Å². The van der Waals surface area contributed by atoms with Crippen molar-refractivity contribution in [3.8, 4) is 0 Å². The van der Waals surface area contributed by atoms with Crippen LogP contribution in [0.5, 0.6) is 0 Å². The van der Waals surface area contributed by atoms with Crippen molar-refractivity contribution in [2.45, 2.75) is 38.6 Å². The molecule has 7 nitrogen and oxygen atoms in total. The minimum absolute atomic E-state index is 0.0722. The van der Waals surface area contributed by atoms with Crippen molar-refractivity contribution in [2.75, 3.05) is 13.7 Å². The molecule has 0 radical (unpaired) electrons. The van der Waals surface area contributed by atoms with Crippen LogP contribution in [0.2, 0.25) is 5.02 Å². The summed E-state index contributed by atoms with van der Waals surface area (Å²) in [6, 6.07) is 4.21. The van der Waals surface area contributed by atoms with Gasteiger partial charge in [0.2, 0.25) is 0 Å². The average molecular weight is 360 g/mol. The van der Waals surface area contributed by atoms with E-state index in [2.05, 4.69) is 10.1 Å². The third kappa shape index (κ3) is 5.99. The smallest absolute Gasteiger partial charge is 0.407 e. The molecule has 1 rings (SSSR count). The van der Waals surface area contributed by atoms with E-state index in [1.165, 1.54) is 25.3 Å². The lowest BCUT2D eigenvalue weighted by Crippen LogP contribution is -2.38. The summed E-state index contributed by atoms with van der Waals surface area (Å²) < 4.78 is 9.63. The lowest BCUT2D eigenvalue weighted by Gasteiger charge is -2.22. The highest BCUT2D eigenvalue weighted by Gasteiger charge is 2.23. The molecule has 1 aromatic carbocycles. The first-order valence-corrected chi connectivity index (χ1v) is 7.63. The summed E-state index contributed by atoms with van der Waals surface area (Å²) in [4.78, 5) is 23.1. The van der Waals surface area contributed by atoms with Crippen molar-refractivity contribution in [1.29, 1.82) is 0 Å². The van der Waals surface area contributed by atoms with Crippen LogP contribution in [0, 0.1) is 0 Å². The summed E-state index contributed by atoms with van der Waals surface area (Å²) in [6.45, 7) is 4.89. The number of aliphatic hydroxyl groups excluding tert-OH is 2. The molecule has 2 unspecified atom stereocenters. The second-order valence-electron chi connectivity index (χ2n) is 6.13. The highest BCUT2D eigenvalue weighted by molar-refractivity contribution is 6.33. The van der Waals surface area contributed by atoms with Crippen molar-refractivity contribution in [3.05, 3.63) is 34.3 Å². The fraction of sp³-hybridized carbons (Fsp3) is 0.500. The Morgan fingerprint density at radius 2 is 1.92 bits per heavy atom. The number of methoxy groups -OCH3 is 1. The SMILES string of the molecule is COC(=O)c1cc(C(O)C(O)CNC(=O)OC(C)(C)C)ccc1Cl. The lowest BCUT2D eigenvalue weighted by atomic mass is 10.0. The molecule has 2 atom stereocenters. The largest absolute Gasteiger partial charge is 0.465 e. The van der Waals surface area contributed by atoms with Gasteiger partial charge in [0.1, 0.15) is 17.8 Å². The summed E-state index contributed by atoms with van der Waals surface area (Å²) >= 11 is 5.90. The van der Waals surface area contributed by atoms with Crippen molar-refractivity contribution in [1.82, 2.24) is 5.32 Å². The average Bonchev–Trinajstić information content (AvgIpc) is 2.50. The molecule has 0 spiro atoms. The molecular weight excluding hydrogens is 338 g/mol. The Kier molecular flexibility index (Phi) is 7.01. The number of carbonyl (C=O) groups excluding carboxylic acids is 2. The van der Waals surface area contributed by atoms with Gasteiger partial charge in [0.25, 0.3) is 0 Å². The molecule has 1 amide bonds. The second kappa shape index (κ2) is 8.32. The Bertz CT molecular complexity index is 599. The Morgan fingerprint density at radius 1 is 1.29 bits per heavy atom. The third-order valence-corrected chi connectivity index (χ3v) is 3.29. The number of hydrogen-bond donors (Lipinski definition) is 3. The van der Waals surface area contributed by atoms with Crippen LogP contribution in [0.25, 0.3) is 0 Å². The van der Waals surface area contributed by atoms with Gasteiger partial charge in [0, 0.05) is 6.54 Å². The van der Waals surface area contributed by atoms with Gasteiger partial charge < -0.3 is 25.0 Å². The van der Waals surface area contributed by atoms with E-state index in [1.54, 1.807) is 20.8 Å². The fourth-order valence-electron chi connectivity index (χ4n) is 1.83. The van der Waals surface area contributed by atoms with E-state index in [4.69, 9.17) is 16.3 Å².